The van der Waals surface area contributed by atoms with Crippen molar-refractivity contribution in [3.63, 3.8) is 0 Å². The summed E-state index contributed by atoms with van der Waals surface area (Å²) in [6.45, 7) is 4.76. The number of nitrogens with zero attached hydrogens (tertiary/aromatic N) is 2. The third-order valence-corrected chi connectivity index (χ3v) is 8.00. The predicted molar refractivity (Wildman–Crippen MR) is 124 cm³/mol. The number of rotatable bonds is 4. The number of benzene rings is 1. The molecule has 5 nitrogen and oxygen atoms in total. The summed E-state index contributed by atoms with van der Waals surface area (Å²) in [5.41, 5.74) is 1.35. The SMILES string of the molecule is CC1CCC(NC(=O)[C@]2(C)Cn3c(cc4sccc43)C(=O)N2Cc2ccc(F)cc2)CC1. The third kappa shape index (κ3) is 3.62. The Kier molecular flexibility index (Phi) is 5.32. The second-order valence-corrected chi connectivity index (χ2v) is 10.5. The third-order valence-electron chi connectivity index (χ3n) is 7.14. The normalized spacial score (nSPS) is 25.7. The van der Waals surface area contributed by atoms with Crippen molar-refractivity contribution in [2.24, 2.45) is 5.92 Å². The largest absolute Gasteiger partial charge is 0.351 e. The first kappa shape index (κ1) is 21.2. The Morgan fingerprint density at radius 1 is 1.19 bits per heavy atom. The van der Waals surface area contributed by atoms with Gasteiger partial charge in [0.2, 0.25) is 5.91 Å². The van der Waals surface area contributed by atoms with Crippen molar-refractivity contribution >= 4 is 33.4 Å². The van der Waals surface area contributed by atoms with Crippen molar-refractivity contribution in [3.05, 3.63) is 58.9 Å². The van der Waals surface area contributed by atoms with Crippen LogP contribution in [0.1, 0.15) is 55.6 Å². The van der Waals surface area contributed by atoms with Crippen molar-refractivity contribution in [3.8, 4) is 0 Å². The van der Waals surface area contributed by atoms with Crippen LogP contribution in [-0.2, 0) is 17.9 Å². The van der Waals surface area contributed by atoms with E-state index in [2.05, 4.69) is 12.2 Å². The number of aromatic nitrogens is 1. The van der Waals surface area contributed by atoms with Gasteiger partial charge in [-0.15, -0.1) is 11.3 Å². The molecule has 0 unspecified atom stereocenters. The van der Waals surface area contributed by atoms with Gasteiger partial charge in [-0.25, -0.2) is 4.39 Å². The molecule has 2 aromatic heterocycles. The van der Waals surface area contributed by atoms with Gasteiger partial charge in [0.25, 0.3) is 5.91 Å². The number of nitrogens with one attached hydrogen (secondary N) is 1. The minimum Gasteiger partial charge on any atom is -0.351 e. The van der Waals surface area contributed by atoms with Crippen LogP contribution in [0.25, 0.3) is 10.2 Å². The second-order valence-electron chi connectivity index (χ2n) is 9.51. The fourth-order valence-corrected chi connectivity index (χ4v) is 5.86. The van der Waals surface area contributed by atoms with E-state index >= 15 is 0 Å². The van der Waals surface area contributed by atoms with E-state index in [0.717, 1.165) is 41.5 Å². The van der Waals surface area contributed by atoms with Gasteiger partial charge in [-0.3, -0.25) is 9.59 Å². The molecule has 3 aromatic rings. The van der Waals surface area contributed by atoms with Gasteiger partial charge in [0.05, 0.1) is 16.8 Å². The van der Waals surface area contributed by atoms with Gasteiger partial charge in [-0.2, -0.15) is 0 Å². The molecule has 1 fully saturated rings. The van der Waals surface area contributed by atoms with Gasteiger partial charge in [0.1, 0.15) is 17.1 Å². The molecule has 2 amide bonds. The summed E-state index contributed by atoms with van der Waals surface area (Å²) in [6.07, 6.45) is 4.16. The average molecular weight is 454 g/mol. The molecule has 0 spiro atoms. The maximum atomic E-state index is 13.7. The van der Waals surface area contributed by atoms with Crippen LogP contribution in [0.5, 0.6) is 0 Å². The smallest absolute Gasteiger partial charge is 0.271 e. The van der Waals surface area contributed by atoms with Crippen LogP contribution in [0.4, 0.5) is 4.39 Å². The molecule has 0 bridgehead atoms. The highest BCUT2D eigenvalue weighted by molar-refractivity contribution is 7.17. The second kappa shape index (κ2) is 8.03. The van der Waals surface area contributed by atoms with Crippen LogP contribution >= 0.6 is 11.3 Å². The standard InChI is InChI=1S/C25H28FN3O2S/c1-16-3-9-19(10-4-16)27-24(31)25(2)15-28-20-11-12-32-22(20)13-21(28)23(30)29(25)14-17-5-7-18(26)8-6-17/h5-8,11-13,16,19H,3-4,9-10,14-15H2,1-2H3,(H,27,31)/t16?,19?,25-/m0/s1. The maximum absolute atomic E-state index is 13.7. The number of amides is 2. The van der Waals surface area contributed by atoms with Crippen LogP contribution in [0.3, 0.4) is 0 Å². The molecule has 2 aliphatic rings. The number of hydrogen-bond acceptors (Lipinski definition) is 3. The number of carbonyl (C=O) groups is 2. The Balaban J connectivity index is 1.50. The van der Waals surface area contributed by atoms with Gasteiger partial charge < -0.3 is 14.8 Å². The Hall–Kier alpha value is -2.67. The molecular formula is C25H28FN3O2S. The summed E-state index contributed by atoms with van der Waals surface area (Å²) in [7, 11) is 0. The van der Waals surface area contributed by atoms with E-state index in [1.54, 1.807) is 28.4 Å². The molecule has 1 aliphatic heterocycles. The summed E-state index contributed by atoms with van der Waals surface area (Å²) in [5.74, 6) is 0.0910. The lowest BCUT2D eigenvalue weighted by atomic mass is 9.86. The molecule has 7 heteroatoms. The molecule has 3 heterocycles. The fourth-order valence-electron chi connectivity index (χ4n) is 5.04. The van der Waals surface area contributed by atoms with Crippen molar-refractivity contribution in [1.82, 2.24) is 14.8 Å². The van der Waals surface area contributed by atoms with Crippen LogP contribution in [0.2, 0.25) is 0 Å². The molecule has 32 heavy (non-hydrogen) atoms. The zero-order valence-electron chi connectivity index (χ0n) is 18.4. The summed E-state index contributed by atoms with van der Waals surface area (Å²) in [6, 6.07) is 10.2. The van der Waals surface area contributed by atoms with E-state index in [1.165, 1.54) is 12.1 Å². The van der Waals surface area contributed by atoms with Crippen molar-refractivity contribution < 1.29 is 14.0 Å². The van der Waals surface area contributed by atoms with Gasteiger partial charge in [-0.1, -0.05) is 19.1 Å². The number of fused-ring (bicyclic) bond motifs is 3. The van der Waals surface area contributed by atoms with E-state index in [-0.39, 0.29) is 30.2 Å². The molecule has 1 atom stereocenters. The van der Waals surface area contributed by atoms with E-state index < -0.39 is 5.54 Å². The monoisotopic (exact) mass is 453 g/mol. The minimum absolute atomic E-state index is 0.116. The lowest BCUT2D eigenvalue weighted by Gasteiger charge is -2.45. The van der Waals surface area contributed by atoms with Crippen LogP contribution < -0.4 is 5.32 Å². The summed E-state index contributed by atoms with van der Waals surface area (Å²) < 4.78 is 16.5. The molecule has 1 aliphatic carbocycles. The summed E-state index contributed by atoms with van der Waals surface area (Å²) >= 11 is 1.59. The van der Waals surface area contributed by atoms with Crippen LogP contribution in [-0.4, -0.2) is 32.9 Å². The van der Waals surface area contributed by atoms with Gasteiger partial charge in [0.15, 0.2) is 0 Å². The van der Waals surface area contributed by atoms with Crippen LogP contribution in [0, 0.1) is 11.7 Å². The molecule has 0 saturated heterocycles. The number of halogens is 1. The number of carbonyl (C=O) groups excluding carboxylic acids is 2. The molecule has 5 rings (SSSR count). The fraction of sp³-hybridized carbons (Fsp3) is 0.440. The van der Waals surface area contributed by atoms with E-state index in [4.69, 9.17) is 0 Å². The molecule has 1 aromatic carbocycles. The predicted octanol–water partition coefficient (Wildman–Crippen LogP) is 4.95. The Morgan fingerprint density at radius 3 is 2.62 bits per heavy atom. The van der Waals surface area contributed by atoms with E-state index in [0.29, 0.717) is 18.2 Å². The van der Waals surface area contributed by atoms with Crippen molar-refractivity contribution in [2.45, 2.75) is 64.2 Å². The number of hydrogen-bond donors (Lipinski definition) is 1. The van der Waals surface area contributed by atoms with Gasteiger partial charge in [0, 0.05) is 12.6 Å². The maximum Gasteiger partial charge on any atom is 0.271 e. The number of thiophene rings is 1. The quantitative estimate of drug-likeness (QED) is 0.608. The first-order chi connectivity index (χ1) is 15.3. The lowest BCUT2D eigenvalue weighted by molar-refractivity contribution is -0.134. The molecular weight excluding hydrogens is 425 g/mol. The molecule has 0 radical (unpaired) electrons. The zero-order chi connectivity index (χ0) is 22.5. The highest BCUT2D eigenvalue weighted by atomic mass is 32.1. The van der Waals surface area contributed by atoms with Gasteiger partial charge >= 0.3 is 0 Å². The summed E-state index contributed by atoms with van der Waals surface area (Å²) in [4.78, 5) is 29.0. The van der Waals surface area contributed by atoms with Crippen molar-refractivity contribution in [1.29, 1.82) is 0 Å². The first-order valence-corrected chi connectivity index (χ1v) is 12.2. The Labute approximate surface area is 191 Å². The zero-order valence-corrected chi connectivity index (χ0v) is 19.3. The Morgan fingerprint density at radius 2 is 1.91 bits per heavy atom. The first-order valence-electron chi connectivity index (χ1n) is 11.3. The van der Waals surface area contributed by atoms with E-state index in [1.807, 2.05) is 29.0 Å². The molecule has 1 N–H and O–H groups in total. The highest BCUT2D eigenvalue weighted by Gasteiger charge is 2.48. The average Bonchev–Trinajstić information content (AvgIpc) is 3.36. The molecule has 1 saturated carbocycles. The minimum atomic E-state index is -1.05. The van der Waals surface area contributed by atoms with Crippen LogP contribution in [0.15, 0.2) is 41.8 Å². The molecule has 168 valence electrons. The topological polar surface area (TPSA) is 54.3 Å². The highest BCUT2D eigenvalue weighted by Crippen LogP contribution is 2.35. The summed E-state index contributed by atoms with van der Waals surface area (Å²) in [5, 5.41) is 5.26. The van der Waals surface area contributed by atoms with Crippen molar-refractivity contribution in [2.75, 3.05) is 0 Å². The van der Waals surface area contributed by atoms with Gasteiger partial charge in [-0.05, 0) is 73.7 Å². The Bertz CT molecular complexity index is 1160. The lowest BCUT2D eigenvalue weighted by Crippen LogP contribution is -2.64. The van der Waals surface area contributed by atoms with E-state index in [9.17, 15) is 14.0 Å².